The van der Waals surface area contributed by atoms with Gasteiger partial charge in [0.15, 0.2) is 5.13 Å². The summed E-state index contributed by atoms with van der Waals surface area (Å²) in [4.78, 5) is 28.2. The van der Waals surface area contributed by atoms with E-state index in [-0.39, 0.29) is 5.91 Å². The van der Waals surface area contributed by atoms with Crippen LogP contribution >= 0.6 is 11.3 Å². The van der Waals surface area contributed by atoms with E-state index >= 15 is 0 Å². The molecule has 8 heteroatoms. The predicted octanol–water partition coefficient (Wildman–Crippen LogP) is 2.10. The van der Waals surface area contributed by atoms with Crippen molar-refractivity contribution in [3.8, 4) is 11.3 Å². The molecule has 0 atom stereocenters. The predicted molar refractivity (Wildman–Crippen MR) is 91.1 cm³/mol. The maximum absolute atomic E-state index is 12.7. The van der Waals surface area contributed by atoms with Crippen molar-refractivity contribution in [1.82, 2.24) is 24.7 Å². The Morgan fingerprint density at radius 2 is 2.08 bits per heavy atom. The van der Waals surface area contributed by atoms with E-state index in [2.05, 4.69) is 15.1 Å². The molecule has 1 aliphatic rings. The number of rotatable bonds is 3. The van der Waals surface area contributed by atoms with Crippen LogP contribution in [0.1, 0.15) is 27.9 Å². The third-order valence-electron chi connectivity index (χ3n) is 4.19. The molecule has 0 radical (unpaired) electrons. The minimum atomic E-state index is -0.129. The number of carbonyl (C=O) groups is 1. The number of fused-ring (bicyclic) bond motifs is 3. The van der Waals surface area contributed by atoms with Crippen LogP contribution in [0.5, 0.6) is 0 Å². The number of hydrogen-bond acceptors (Lipinski definition) is 6. The number of hydrogen-bond donors (Lipinski definition) is 0. The third kappa shape index (κ3) is 2.30. The van der Waals surface area contributed by atoms with E-state index in [0.717, 1.165) is 24.1 Å². The molecule has 3 aromatic rings. The number of anilines is 1. The molecule has 0 N–H and O–H groups in total. The maximum Gasteiger partial charge on any atom is 0.263 e. The Labute approximate surface area is 143 Å². The second-order valence-corrected chi connectivity index (χ2v) is 6.64. The zero-order chi connectivity index (χ0) is 16.7. The molecule has 24 heavy (non-hydrogen) atoms. The van der Waals surface area contributed by atoms with Crippen LogP contribution in [-0.4, -0.2) is 37.2 Å². The Morgan fingerprint density at radius 1 is 1.29 bits per heavy atom. The summed E-state index contributed by atoms with van der Waals surface area (Å²) in [6.07, 6.45) is 8.22. The van der Waals surface area contributed by atoms with Gasteiger partial charge >= 0.3 is 0 Å². The van der Waals surface area contributed by atoms with E-state index in [1.165, 1.54) is 29.3 Å². The Hall–Kier alpha value is -2.61. The zero-order valence-corrected chi connectivity index (χ0v) is 14.2. The van der Waals surface area contributed by atoms with Crippen LogP contribution < -0.4 is 4.90 Å². The molecule has 0 saturated heterocycles. The zero-order valence-electron chi connectivity index (χ0n) is 13.4. The summed E-state index contributed by atoms with van der Waals surface area (Å²) in [6, 6.07) is 0. The van der Waals surface area contributed by atoms with Crippen LogP contribution in [0.15, 0.2) is 24.9 Å². The highest BCUT2D eigenvalue weighted by molar-refractivity contribution is 7.16. The van der Waals surface area contributed by atoms with Gasteiger partial charge in [-0.25, -0.2) is 15.0 Å². The lowest BCUT2D eigenvalue weighted by Crippen LogP contribution is -2.30. The van der Waals surface area contributed by atoms with Gasteiger partial charge in [0.2, 0.25) is 0 Å². The molecule has 0 aromatic carbocycles. The molecule has 0 aliphatic heterocycles. The third-order valence-corrected chi connectivity index (χ3v) is 5.33. The molecule has 3 heterocycles. The van der Waals surface area contributed by atoms with Crippen molar-refractivity contribution in [2.75, 3.05) is 11.4 Å². The largest absolute Gasteiger partial charge is 0.284 e. The van der Waals surface area contributed by atoms with Crippen molar-refractivity contribution < 1.29 is 4.79 Å². The van der Waals surface area contributed by atoms with Crippen LogP contribution in [0.3, 0.4) is 0 Å². The van der Waals surface area contributed by atoms with Crippen LogP contribution in [0.25, 0.3) is 11.3 Å². The van der Waals surface area contributed by atoms with Gasteiger partial charge in [0.25, 0.3) is 5.91 Å². The number of aromatic nitrogens is 5. The summed E-state index contributed by atoms with van der Waals surface area (Å²) in [5.41, 5.74) is 3.70. The molecule has 0 bridgehead atoms. The summed E-state index contributed by atoms with van der Waals surface area (Å²) in [6.45, 7) is 2.48. The minimum absolute atomic E-state index is 0.129. The molecule has 122 valence electrons. The van der Waals surface area contributed by atoms with Crippen LogP contribution in [0.2, 0.25) is 0 Å². The fourth-order valence-corrected chi connectivity index (χ4v) is 4.09. The number of aryl methyl sites for hydroxylation is 2. The van der Waals surface area contributed by atoms with Crippen molar-refractivity contribution in [1.29, 1.82) is 0 Å². The van der Waals surface area contributed by atoms with E-state index in [9.17, 15) is 4.79 Å². The summed E-state index contributed by atoms with van der Waals surface area (Å²) < 4.78 is 1.90. The first-order chi connectivity index (χ1) is 11.7. The fourth-order valence-electron chi connectivity index (χ4n) is 2.95. The molecule has 7 nitrogen and oxygen atoms in total. The topological polar surface area (TPSA) is 76.8 Å². The van der Waals surface area contributed by atoms with Crippen molar-refractivity contribution in [2.45, 2.75) is 19.8 Å². The number of carbonyl (C=O) groups excluding carboxylic acids is 1. The molecule has 0 fully saturated rings. The second-order valence-electron chi connectivity index (χ2n) is 5.57. The van der Waals surface area contributed by atoms with Gasteiger partial charge in [-0.2, -0.15) is 5.10 Å². The van der Waals surface area contributed by atoms with Gasteiger partial charge < -0.3 is 0 Å². The van der Waals surface area contributed by atoms with E-state index in [1.807, 2.05) is 24.9 Å². The van der Waals surface area contributed by atoms with Crippen molar-refractivity contribution in [2.24, 2.45) is 7.05 Å². The highest BCUT2D eigenvalue weighted by Crippen LogP contribution is 2.39. The Bertz CT molecular complexity index is 901. The highest BCUT2D eigenvalue weighted by Gasteiger charge is 2.27. The van der Waals surface area contributed by atoms with Crippen molar-refractivity contribution >= 4 is 22.4 Å². The molecule has 3 aromatic heterocycles. The van der Waals surface area contributed by atoms with Crippen LogP contribution in [0, 0.1) is 0 Å². The smallest absolute Gasteiger partial charge is 0.263 e. The van der Waals surface area contributed by atoms with Crippen LogP contribution in [0.4, 0.5) is 5.13 Å². The maximum atomic E-state index is 12.7. The summed E-state index contributed by atoms with van der Waals surface area (Å²) >= 11 is 1.58. The summed E-state index contributed by atoms with van der Waals surface area (Å²) in [5, 5.41) is 5.05. The van der Waals surface area contributed by atoms with Gasteiger partial charge in [0.05, 0.1) is 17.5 Å². The number of thiazole rings is 1. The normalized spacial score (nSPS) is 12.6. The highest BCUT2D eigenvalue weighted by atomic mass is 32.1. The SMILES string of the molecule is CCN(C(=O)c1cncnc1)c1nc2c(s1)CCc1c-2cnn1C. The van der Waals surface area contributed by atoms with Gasteiger partial charge in [-0.3, -0.25) is 14.4 Å². The quantitative estimate of drug-likeness (QED) is 0.730. The fraction of sp³-hybridized carbons (Fsp3) is 0.312. The lowest BCUT2D eigenvalue weighted by Gasteiger charge is -2.17. The standard InChI is InChI=1S/C16H16N6OS/c1-3-22(15(23)10-6-17-9-18-7-10)16-20-14-11-8-19-21(2)12(11)4-5-13(14)24-16/h6-9H,3-5H2,1-2H3. The summed E-state index contributed by atoms with van der Waals surface area (Å²) in [5.74, 6) is -0.129. The summed E-state index contributed by atoms with van der Waals surface area (Å²) in [7, 11) is 1.95. The van der Waals surface area contributed by atoms with E-state index in [4.69, 9.17) is 4.98 Å². The van der Waals surface area contributed by atoms with Crippen molar-refractivity contribution in [3.05, 3.63) is 41.1 Å². The molecular formula is C16H16N6OS. The molecule has 1 amide bonds. The second kappa shape index (κ2) is 5.79. The average molecular weight is 340 g/mol. The number of nitrogens with zero attached hydrogens (tertiary/aromatic N) is 6. The van der Waals surface area contributed by atoms with Crippen LogP contribution in [-0.2, 0) is 19.9 Å². The first-order valence-corrected chi connectivity index (χ1v) is 8.58. The van der Waals surface area contributed by atoms with Crippen molar-refractivity contribution in [3.63, 3.8) is 0 Å². The monoisotopic (exact) mass is 340 g/mol. The number of amides is 1. The minimum Gasteiger partial charge on any atom is -0.284 e. The molecule has 4 rings (SSSR count). The molecule has 0 saturated carbocycles. The van der Waals surface area contributed by atoms with E-state index < -0.39 is 0 Å². The van der Waals surface area contributed by atoms with Gasteiger partial charge in [-0.1, -0.05) is 0 Å². The molecule has 0 spiro atoms. The molecule has 1 aliphatic carbocycles. The first kappa shape index (κ1) is 14.9. The Balaban J connectivity index is 1.73. The van der Waals surface area contributed by atoms with Gasteiger partial charge in [0.1, 0.15) is 6.33 Å². The average Bonchev–Trinajstić information content (AvgIpc) is 3.20. The molecular weight excluding hydrogens is 324 g/mol. The first-order valence-electron chi connectivity index (χ1n) is 7.77. The Morgan fingerprint density at radius 3 is 2.83 bits per heavy atom. The van der Waals surface area contributed by atoms with Gasteiger partial charge in [-0.15, -0.1) is 11.3 Å². The lowest BCUT2D eigenvalue weighted by atomic mass is 10.0. The Kier molecular flexibility index (Phi) is 3.61. The van der Waals surface area contributed by atoms with E-state index in [1.54, 1.807) is 16.2 Å². The van der Waals surface area contributed by atoms with Gasteiger partial charge in [0, 0.05) is 42.1 Å². The van der Waals surface area contributed by atoms with E-state index in [0.29, 0.717) is 17.2 Å². The molecule has 0 unspecified atom stereocenters. The van der Waals surface area contributed by atoms with Gasteiger partial charge in [-0.05, 0) is 19.8 Å². The lowest BCUT2D eigenvalue weighted by molar-refractivity contribution is 0.0987.